The van der Waals surface area contributed by atoms with Crippen molar-refractivity contribution in [2.75, 3.05) is 16.8 Å². The van der Waals surface area contributed by atoms with Crippen LogP contribution < -0.4 is 10.2 Å². The van der Waals surface area contributed by atoms with E-state index in [0.29, 0.717) is 16.7 Å². The summed E-state index contributed by atoms with van der Waals surface area (Å²) < 4.78 is 2.00. The quantitative estimate of drug-likeness (QED) is 0.590. The molecule has 0 spiro atoms. The fourth-order valence-corrected chi connectivity index (χ4v) is 5.46. The molecule has 1 aliphatic heterocycles. The van der Waals surface area contributed by atoms with Crippen LogP contribution in [0.3, 0.4) is 0 Å². The first-order valence-electron chi connectivity index (χ1n) is 10.8. The summed E-state index contributed by atoms with van der Waals surface area (Å²) in [6, 6.07) is 16.8. The number of para-hydroxylation sites is 1. The zero-order valence-electron chi connectivity index (χ0n) is 17.3. The molecule has 5 rings (SSSR count). The third-order valence-electron chi connectivity index (χ3n) is 6.36. The molecule has 1 N–H and O–H groups in total. The predicted octanol–water partition coefficient (Wildman–Crippen LogP) is 5.09. The molecule has 0 radical (unpaired) electrons. The average Bonchev–Trinajstić information content (AvgIpc) is 3.51. The highest BCUT2D eigenvalue weighted by molar-refractivity contribution is 7.14. The second-order valence-electron chi connectivity index (χ2n) is 8.43. The van der Waals surface area contributed by atoms with Crippen molar-refractivity contribution in [1.29, 1.82) is 5.26 Å². The number of carbonyl (C=O) groups excluding carboxylic acids is 1. The van der Waals surface area contributed by atoms with Crippen LogP contribution in [-0.2, 0) is 6.54 Å². The van der Waals surface area contributed by atoms with E-state index in [2.05, 4.69) is 45.9 Å². The van der Waals surface area contributed by atoms with Crippen molar-refractivity contribution in [2.24, 2.45) is 11.8 Å². The van der Waals surface area contributed by atoms with Crippen LogP contribution in [0.4, 0.5) is 10.8 Å². The summed E-state index contributed by atoms with van der Waals surface area (Å²) in [5.41, 5.74) is 2.88. The zero-order valence-corrected chi connectivity index (χ0v) is 18.1. The van der Waals surface area contributed by atoms with Gasteiger partial charge in [-0.15, -0.1) is 11.3 Å². The van der Waals surface area contributed by atoms with E-state index in [1.54, 1.807) is 0 Å². The summed E-state index contributed by atoms with van der Waals surface area (Å²) in [5, 5.41) is 14.7. The summed E-state index contributed by atoms with van der Waals surface area (Å²) in [6.45, 7) is 1.81. The van der Waals surface area contributed by atoms with Crippen LogP contribution in [0.1, 0.15) is 47.9 Å². The maximum absolute atomic E-state index is 12.9. The largest absolute Gasteiger partial charge is 0.363 e. The lowest BCUT2D eigenvalue weighted by molar-refractivity contribution is 0.101. The Kier molecular flexibility index (Phi) is 5.47. The Morgan fingerprint density at radius 1 is 1.23 bits per heavy atom. The molecule has 6 nitrogen and oxygen atoms in total. The van der Waals surface area contributed by atoms with E-state index in [0.717, 1.165) is 44.5 Å². The molecule has 31 heavy (non-hydrogen) atoms. The topological polar surface area (TPSA) is 74.0 Å². The molecule has 2 fully saturated rings. The predicted molar refractivity (Wildman–Crippen MR) is 122 cm³/mol. The number of nitrogens with one attached hydrogen (secondary N) is 1. The van der Waals surface area contributed by atoms with Gasteiger partial charge in [0.1, 0.15) is 5.69 Å². The first-order chi connectivity index (χ1) is 15.2. The number of nitriles is 1. The molecule has 3 heterocycles. The summed E-state index contributed by atoms with van der Waals surface area (Å²) >= 11 is 1.48. The lowest BCUT2D eigenvalue weighted by atomic mass is 9.76. The molecule has 1 saturated carbocycles. The Bertz CT molecular complexity index is 1090. The highest BCUT2D eigenvalue weighted by atomic mass is 32.1. The SMILES string of the molecule is N#CC1CC(Cn2cccc2C(=O)Nc2nc(C3CCCN3c3ccccc3)cs2)C1. The summed E-state index contributed by atoms with van der Waals surface area (Å²) in [5.74, 6) is 0.521. The number of hydrogen-bond donors (Lipinski definition) is 1. The van der Waals surface area contributed by atoms with E-state index in [-0.39, 0.29) is 17.9 Å². The van der Waals surface area contributed by atoms with Gasteiger partial charge in [-0.3, -0.25) is 10.1 Å². The Morgan fingerprint density at radius 2 is 2.06 bits per heavy atom. The number of amides is 1. The smallest absolute Gasteiger partial charge is 0.274 e. The second kappa shape index (κ2) is 8.56. The Morgan fingerprint density at radius 3 is 2.87 bits per heavy atom. The van der Waals surface area contributed by atoms with Gasteiger partial charge < -0.3 is 9.47 Å². The Balaban J connectivity index is 1.25. The van der Waals surface area contributed by atoms with Crippen molar-refractivity contribution >= 4 is 28.1 Å². The lowest BCUT2D eigenvalue weighted by Gasteiger charge is -2.31. The molecule has 1 aromatic carbocycles. The highest BCUT2D eigenvalue weighted by Gasteiger charge is 2.30. The molecule has 2 aliphatic rings. The third-order valence-corrected chi connectivity index (χ3v) is 7.14. The van der Waals surface area contributed by atoms with Crippen LogP contribution >= 0.6 is 11.3 Å². The van der Waals surface area contributed by atoms with E-state index in [9.17, 15) is 4.79 Å². The van der Waals surface area contributed by atoms with Crippen LogP contribution in [0.5, 0.6) is 0 Å². The fourth-order valence-electron chi connectivity index (χ4n) is 4.71. The van der Waals surface area contributed by atoms with Gasteiger partial charge in [0.05, 0.1) is 17.8 Å². The Hall–Kier alpha value is -3.11. The molecule has 3 aromatic rings. The van der Waals surface area contributed by atoms with Crippen molar-refractivity contribution < 1.29 is 4.79 Å². The maximum atomic E-state index is 12.9. The number of nitrogens with zero attached hydrogens (tertiary/aromatic N) is 4. The summed E-state index contributed by atoms with van der Waals surface area (Å²) in [7, 11) is 0. The first-order valence-corrected chi connectivity index (χ1v) is 11.7. The van der Waals surface area contributed by atoms with Gasteiger partial charge in [0, 0.05) is 36.3 Å². The molecule has 2 aromatic heterocycles. The van der Waals surface area contributed by atoms with E-state index < -0.39 is 0 Å². The van der Waals surface area contributed by atoms with Gasteiger partial charge in [0.25, 0.3) is 5.91 Å². The van der Waals surface area contributed by atoms with Crippen LogP contribution in [0.25, 0.3) is 0 Å². The number of anilines is 2. The van der Waals surface area contributed by atoms with Crippen molar-refractivity contribution in [3.05, 3.63) is 65.4 Å². The van der Waals surface area contributed by atoms with Crippen LogP contribution in [0.2, 0.25) is 0 Å². The van der Waals surface area contributed by atoms with Crippen LogP contribution in [0.15, 0.2) is 54.0 Å². The fraction of sp³-hybridized carbons (Fsp3) is 0.375. The molecule has 1 amide bonds. The number of benzene rings is 1. The summed E-state index contributed by atoms with van der Waals surface area (Å²) in [4.78, 5) is 20.1. The molecule has 1 saturated heterocycles. The molecular formula is C24H25N5OS. The molecule has 0 bridgehead atoms. The minimum absolute atomic E-state index is 0.131. The normalized spacial score (nSPS) is 22.7. The standard InChI is InChI=1S/C24H25N5OS/c25-14-17-12-18(13-17)15-28-10-4-9-22(28)23(30)27-24-26-20(16-31-24)21-8-5-11-29(21)19-6-2-1-3-7-19/h1-4,6-7,9-10,16-18,21H,5,8,11-13,15H2,(H,26,27,30). The highest BCUT2D eigenvalue weighted by Crippen LogP contribution is 2.37. The van der Waals surface area contributed by atoms with Crippen molar-refractivity contribution in [3.8, 4) is 6.07 Å². The molecule has 1 aliphatic carbocycles. The molecule has 7 heteroatoms. The van der Waals surface area contributed by atoms with E-state index in [1.165, 1.54) is 17.0 Å². The molecule has 158 valence electrons. The maximum Gasteiger partial charge on any atom is 0.274 e. The van der Waals surface area contributed by atoms with Gasteiger partial charge >= 0.3 is 0 Å². The van der Waals surface area contributed by atoms with Crippen LogP contribution in [-0.4, -0.2) is 22.0 Å². The number of hydrogen-bond acceptors (Lipinski definition) is 5. The second-order valence-corrected chi connectivity index (χ2v) is 9.29. The van der Waals surface area contributed by atoms with Gasteiger partial charge in [-0.05, 0) is 55.9 Å². The summed E-state index contributed by atoms with van der Waals surface area (Å²) in [6.07, 6.45) is 5.99. The van der Waals surface area contributed by atoms with Gasteiger partial charge in [0.2, 0.25) is 0 Å². The molecule has 1 unspecified atom stereocenters. The zero-order chi connectivity index (χ0) is 21.2. The van der Waals surface area contributed by atoms with E-state index >= 15 is 0 Å². The number of rotatable bonds is 6. The van der Waals surface area contributed by atoms with E-state index in [1.807, 2.05) is 29.0 Å². The number of thiazole rings is 1. The van der Waals surface area contributed by atoms with Crippen molar-refractivity contribution in [3.63, 3.8) is 0 Å². The van der Waals surface area contributed by atoms with Gasteiger partial charge in [-0.1, -0.05) is 18.2 Å². The van der Waals surface area contributed by atoms with Gasteiger partial charge in [0.15, 0.2) is 5.13 Å². The molecule has 1 atom stereocenters. The lowest BCUT2D eigenvalue weighted by Crippen LogP contribution is -2.28. The monoisotopic (exact) mass is 431 g/mol. The van der Waals surface area contributed by atoms with E-state index in [4.69, 9.17) is 10.2 Å². The average molecular weight is 432 g/mol. The van der Waals surface area contributed by atoms with Crippen molar-refractivity contribution in [2.45, 2.75) is 38.3 Å². The Labute approximate surface area is 186 Å². The number of aromatic nitrogens is 2. The van der Waals surface area contributed by atoms with Crippen molar-refractivity contribution in [1.82, 2.24) is 9.55 Å². The van der Waals surface area contributed by atoms with Gasteiger partial charge in [-0.25, -0.2) is 4.98 Å². The third kappa shape index (κ3) is 4.08. The van der Waals surface area contributed by atoms with Gasteiger partial charge in [-0.2, -0.15) is 5.26 Å². The minimum atomic E-state index is -0.131. The van der Waals surface area contributed by atoms with Crippen LogP contribution in [0, 0.1) is 23.2 Å². The first kappa shape index (κ1) is 19.8. The number of carbonyl (C=O) groups is 1. The minimum Gasteiger partial charge on any atom is -0.363 e. The molecular weight excluding hydrogens is 406 g/mol.